The summed E-state index contributed by atoms with van der Waals surface area (Å²) in [6, 6.07) is 22.4. The second-order valence-electron chi connectivity index (χ2n) is 7.96. The van der Waals surface area contributed by atoms with Crippen molar-refractivity contribution < 1.29 is 14.3 Å². The lowest BCUT2D eigenvalue weighted by Crippen LogP contribution is -2.30. The van der Waals surface area contributed by atoms with Crippen molar-refractivity contribution >= 4 is 28.2 Å². The number of rotatable bonds is 8. The summed E-state index contributed by atoms with van der Waals surface area (Å²) in [7, 11) is 3.16. The molecule has 0 unspecified atom stereocenters. The van der Waals surface area contributed by atoms with E-state index in [1.54, 1.807) is 20.3 Å². The Balaban J connectivity index is 1.64. The van der Waals surface area contributed by atoms with Crippen LogP contribution in [0.5, 0.6) is 11.5 Å². The number of methoxy groups -OCH3 is 2. The molecule has 4 rings (SSSR count). The highest BCUT2D eigenvalue weighted by Crippen LogP contribution is 2.30. The number of aryl methyl sites for hydroxylation is 1. The molecule has 0 saturated carbocycles. The van der Waals surface area contributed by atoms with E-state index in [4.69, 9.17) is 9.47 Å². The Kier molecular flexibility index (Phi) is 6.82. The maximum absolute atomic E-state index is 13.4. The van der Waals surface area contributed by atoms with Crippen molar-refractivity contribution in [3.05, 3.63) is 94.3 Å². The number of fused-ring (bicyclic) bond motifs is 1. The number of carbonyl (C=O) groups is 1. The van der Waals surface area contributed by atoms with Gasteiger partial charge in [-0.25, -0.2) is 0 Å². The smallest absolute Gasteiger partial charge is 0.256 e. The average molecular weight is 458 g/mol. The highest BCUT2D eigenvalue weighted by Gasteiger charge is 2.14. The predicted octanol–water partition coefficient (Wildman–Crippen LogP) is 4.58. The van der Waals surface area contributed by atoms with E-state index in [0.717, 1.165) is 22.2 Å². The van der Waals surface area contributed by atoms with Crippen LogP contribution in [0.2, 0.25) is 0 Å². The molecule has 0 saturated heterocycles. The summed E-state index contributed by atoms with van der Waals surface area (Å²) in [6.07, 6.45) is 0. The molecule has 0 radical (unpaired) electrons. The molecule has 1 aromatic heterocycles. The third-order valence-electron chi connectivity index (χ3n) is 5.55. The number of anilines is 2. The third-order valence-corrected chi connectivity index (χ3v) is 5.55. The minimum Gasteiger partial charge on any atom is -0.493 e. The fraction of sp³-hybridized carbons (Fsp3) is 0.185. The van der Waals surface area contributed by atoms with Crippen LogP contribution in [0.25, 0.3) is 10.9 Å². The SMILES string of the molecule is COc1ccc(NCc2cc3ccc(C)cc3n(CC(=O)Nc3ccccc3)c2=O)cc1OC. The molecule has 4 aromatic rings. The summed E-state index contributed by atoms with van der Waals surface area (Å²) < 4.78 is 12.2. The number of ether oxygens (including phenoxy) is 2. The fourth-order valence-corrected chi connectivity index (χ4v) is 3.83. The normalized spacial score (nSPS) is 10.7. The Labute approximate surface area is 197 Å². The van der Waals surface area contributed by atoms with Crippen LogP contribution in [-0.2, 0) is 17.9 Å². The van der Waals surface area contributed by atoms with Crippen molar-refractivity contribution in [2.45, 2.75) is 20.0 Å². The zero-order chi connectivity index (χ0) is 24.1. The van der Waals surface area contributed by atoms with E-state index in [1.165, 1.54) is 4.57 Å². The number of carbonyl (C=O) groups excluding carboxylic acids is 1. The number of hydrogen-bond acceptors (Lipinski definition) is 5. The quantitative estimate of drug-likeness (QED) is 0.405. The maximum Gasteiger partial charge on any atom is 0.256 e. The molecule has 34 heavy (non-hydrogen) atoms. The standard InChI is InChI=1S/C27H27N3O4/c1-18-9-10-19-14-20(16-28-22-11-12-24(33-2)25(15-22)34-3)27(32)30(23(19)13-18)17-26(31)29-21-7-5-4-6-8-21/h4-15,28H,16-17H2,1-3H3,(H,29,31). The van der Waals surface area contributed by atoms with E-state index in [0.29, 0.717) is 29.3 Å². The molecule has 3 aromatic carbocycles. The van der Waals surface area contributed by atoms with Gasteiger partial charge < -0.3 is 20.1 Å². The van der Waals surface area contributed by atoms with E-state index in [2.05, 4.69) is 10.6 Å². The van der Waals surface area contributed by atoms with Gasteiger partial charge in [0, 0.05) is 29.5 Å². The van der Waals surface area contributed by atoms with Gasteiger partial charge in [0.1, 0.15) is 6.54 Å². The highest BCUT2D eigenvalue weighted by atomic mass is 16.5. The number of pyridine rings is 1. The molecule has 1 heterocycles. The van der Waals surface area contributed by atoms with E-state index in [-0.39, 0.29) is 18.0 Å². The summed E-state index contributed by atoms with van der Waals surface area (Å²) in [5.74, 6) is 0.957. The third kappa shape index (κ3) is 5.04. The van der Waals surface area contributed by atoms with Gasteiger partial charge in [-0.05, 0) is 54.3 Å². The van der Waals surface area contributed by atoms with Crippen LogP contribution in [0, 0.1) is 6.92 Å². The monoisotopic (exact) mass is 457 g/mol. The van der Waals surface area contributed by atoms with Gasteiger partial charge >= 0.3 is 0 Å². The van der Waals surface area contributed by atoms with E-state index in [9.17, 15) is 9.59 Å². The molecule has 0 aliphatic heterocycles. The summed E-state index contributed by atoms with van der Waals surface area (Å²) >= 11 is 0. The number of para-hydroxylation sites is 1. The average Bonchev–Trinajstić information content (AvgIpc) is 2.85. The zero-order valence-electron chi connectivity index (χ0n) is 19.4. The highest BCUT2D eigenvalue weighted by molar-refractivity contribution is 5.92. The molecule has 1 amide bonds. The molecule has 0 spiro atoms. The summed E-state index contributed by atoms with van der Waals surface area (Å²) in [6.45, 7) is 2.17. The molecule has 7 heteroatoms. The zero-order valence-corrected chi connectivity index (χ0v) is 19.4. The number of aromatic nitrogens is 1. The van der Waals surface area contributed by atoms with E-state index >= 15 is 0 Å². The van der Waals surface area contributed by atoms with Crippen molar-refractivity contribution in [3.8, 4) is 11.5 Å². The van der Waals surface area contributed by atoms with E-state index in [1.807, 2.05) is 73.7 Å². The van der Waals surface area contributed by atoms with Gasteiger partial charge in [0.05, 0.1) is 19.7 Å². The van der Waals surface area contributed by atoms with Gasteiger partial charge in [-0.3, -0.25) is 14.2 Å². The Morgan fingerprint density at radius 3 is 2.38 bits per heavy atom. The summed E-state index contributed by atoms with van der Waals surface area (Å²) in [4.78, 5) is 26.2. The van der Waals surface area contributed by atoms with Gasteiger partial charge in [-0.2, -0.15) is 0 Å². The van der Waals surface area contributed by atoms with Crippen LogP contribution in [0.1, 0.15) is 11.1 Å². The number of benzene rings is 3. The minimum atomic E-state index is -0.263. The van der Waals surface area contributed by atoms with Crippen molar-refractivity contribution in [1.82, 2.24) is 4.57 Å². The van der Waals surface area contributed by atoms with Crippen LogP contribution in [0.3, 0.4) is 0 Å². The lowest BCUT2D eigenvalue weighted by atomic mass is 10.1. The first-order valence-electron chi connectivity index (χ1n) is 10.9. The van der Waals surface area contributed by atoms with Crippen molar-refractivity contribution in [2.75, 3.05) is 24.9 Å². The summed E-state index contributed by atoms with van der Waals surface area (Å²) in [5, 5.41) is 7.02. The number of nitrogens with one attached hydrogen (secondary N) is 2. The first-order chi connectivity index (χ1) is 16.5. The first kappa shape index (κ1) is 22.9. The number of hydrogen-bond donors (Lipinski definition) is 2. The minimum absolute atomic E-state index is 0.0854. The van der Waals surface area contributed by atoms with Gasteiger partial charge in [-0.1, -0.05) is 30.3 Å². The molecule has 0 fully saturated rings. The lowest BCUT2D eigenvalue weighted by molar-refractivity contribution is -0.116. The van der Waals surface area contributed by atoms with Crippen LogP contribution in [0.4, 0.5) is 11.4 Å². The van der Waals surface area contributed by atoms with Crippen LogP contribution in [0.15, 0.2) is 77.6 Å². The maximum atomic E-state index is 13.4. The topological polar surface area (TPSA) is 81.6 Å². The second-order valence-corrected chi connectivity index (χ2v) is 7.96. The Bertz CT molecular complexity index is 1380. The second kappa shape index (κ2) is 10.1. The van der Waals surface area contributed by atoms with Gasteiger partial charge in [-0.15, -0.1) is 0 Å². The van der Waals surface area contributed by atoms with Crippen molar-refractivity contribution in [1.29, 1.82) is 0 Å². The van der Waals surface area contributed by atoms with Crippen LogP contribution >= 0.6 is 0 Å². The molecular weight excluding hydrogens is 430 g/mol. The van der Waals surface area contributed by atoms with Crippen molar-refractivity contribution in [3.63, 3.8) is 0 Å². The van der Waals surface area contributed by atoms with Crippen LogP contribution in [-0.4, -0.2) is 24.7 Å². The number of amides is 1. The predicted molar refractivity (Wildman–Crippen MR) is 135 cm³/mol. The molecular formula is C27H27N3O4. The van der Waals surface area contributed by atoms with E-state index < -0.39 is 0 Å². The molecule has 7 nitrogen and oxygen atoms in total. The molecule has 0 bridgehead atoms. The Morgan fingerprint density at radius 2 is 1.65 bits per heavy atom. The molecule has 2 N–H and O–H groups in total. The summed E-state index contributed by atoms with van der Waals surface area (Å²) in [5.41, 5.74) is 3.55. The lowest BCUT2D eigenvalue weighted by Gasteiger charge is -2.15. The molecule has 0 aliphatic carbocycles. The molecule has 0 aliphatic rings. The van der Waals surface area contributed by atoms with Gasteiger partial charge in [0.25, 0.3) is 5.56 Å². The number of nitrogens with zero attached hydrogens (tertiary/aromatic N) is 1. The fourth-order valence-electron chi connectivity index (χ4n) is 3.83. The largest absolute Gasteiger partial charge is 0.493 e. The van der Waals surface area contributed by atoms with Crippen molar-refractivity contribution in [2.24, 2.45) is 0 Å². The first-order valence-corrected chi connectivity index (χ1v) is 10.9. The molecule has 0 atom stereocenters. The van der Waals surface area contributed by atoms with Crippen LogP contribution < -0.4 is 25.7 Å². The Morgan fingerprint density at radius 1 is 0.882 bits per heavy atom. The van der Waals surface area contributed by atoms with Gasteiger partial charge in [0.2, 0.25) is 5.91 Å². The Hall–Kier alpha value is -4.26. The van der Waals surface area contributed by atoms with Gasteiger partial charge in [0.15, 0.2) is 11.5 Å². The molecule has 174 valence electrons.